The number of fused-ring (bicyclic) bond motifs is 7. The number of anilines is 1. The van der Waals surface area contributed by atoms with Crippen LogP contribution in [0.3, 0.4) is 0 Å². The van der Waals surface area contributed by atoms with E-state index in [1.54, 1.807) is 35.4 Å². The number of halogens is 1. The van der Waals surface area contributed by atoms with Gasteiger partial charge >= 0.3 is 0 Å². The lowest BCUT2D eigenvalue weighted by Crippen LogP contribution is -2.13. The Morgan fingerprint density at radius 1 is 1.23 bits per heavy atom. The van der Waals surface area contributed by atoms with E-state index in [0.29, 0.717) is 34.7 Å². The molecule has 0 amide bonds. The van der Waals surface area contributed by atoms with Crippen molar-refractivity contribution in [1.29, 1.82) is 5.26 Å². The third-order valence-electron chi connectivity index (χ3n) is 5.15. The molecule has 8 nitrogen and oxygen atoms in total. The summed E-state index contributed by atoms with van der Waals surface area (Å²) >= 11 is 0. The molecule has 2 N–H and O–H groups in total. The van der Waals surface area contributed by atoms with Gasteiger partial charge in [-0.05, 0) is 37.3 Å². The Morgan fingerprint density at radius 2 is 2.10 bits per heavy atom. The number of rotatable bonds is 0. The van der Waals surface area contributed by atoms with Crippen LogP contribution in [0.2, 0.25) is 0 Å². The summed E-state index contributed by atoms with van der Waals surface area (Å²) in [6.07, 6.45) is 6.90. The van der Waals surface area contributed by atoms with E-state index < -0.39 is 6.10 Å². The predicted octanol–water partition coefficient (Wildman–Crippen LogP) is 3.23. The van der Waals surface area contributed by atoms with E-state index in [0.717, 1.165) is 11.3 Å². The molecule has 4 heterocycles. The topological polar surface area (TPSA) is 108 Å². The average molecular weight is 401 g/mol. The Kier molecular flexibility index (Phi) is 3.99. The molecule has 5 rings (SSSR count). The van der Waals surface area contributed by atoms with E-state index in [1.807, 2.05) is 13.0 Å². The lowest BCUT2D eigenvalue weighted by Gasteiger charge is -2.21. The maximum Gasteiger partial charge on any atom is 0.206 e. The number of aromatic nitrogens is 5. The number of nitriles is 1. The molecule has 1 aromatic carbocycles. The highest BCUT2D eigenvalue weighted by molar-refractivity contribution is 5.68. The van der Waals surface area contributed by atoms with Gasteiger partial charge in [0, 0.05) is 41.2 Å². The van der Waals surface area contributed by atoms with Crippen LogP contribution in [0.1, 0.15) is 29.8 Å². The molecule has 1 unspecified atom stereocenters. The van der Waals surface area contributed by atoms with Crippen molar-refractivity contribution in [2.75, 3.05) is 5.73 Å². The van der Waals surface area contributed by atoms with Crippen LogP contribution >= 0.6 is 0 Å². The number of nitrogens with zero attached hydrogens (tertiary/aromatic N) is 6. The Hall–Kier alpha value is -4.19. The van der Waals surface area contributed by atoms with Crippen LogP contribution in [0.5, 0.6) is 5.75 Å². The van der Waals surface area contributed by atoms with E-state index >= 15 is 0 Å². The highest BCUT2D eigenvalue weighted by Crippen LogP contribution is 2.35. The SMILES string of the molecule is CC1Oc2cc(cnc2N)-c2c(cnn2C#N)Cc2ccnn2-c2ccc(F)cc21. The maximum atomic E-state index is 14.1. The van der Waals surface area contributed by atoms with Gasteiger partial charge in [-0.1, -0.05) is 0 Å². The van der Waals surface area contributed by atoms with E-state index in [4.69, 9.17) is 10.5 Å². The summed E-state index contributed by atoms with van der Waals surface area (Å²) in [4.78, 5) is 4.24. The predicted molar refractivity (Wildman–Crippen MR) is 106 cm³/mol. The van der Waals surface area contributed by atoms with E-state index in [2.05, 4.69) is 21.4 Å². The smallest absolute Gasteiger partial charge is 0.206 e. The third-order valence-corrected chi connectivity index (χ3v) is 5.15. The molecule has 0 radical (unpaired) electrons. The Labute approximate surface area is 171 Å². The van der Waals surface area contributed by atoms with Crippen LogP contribution in [-0.2, 0) is 6.42 Å². The second kappa shape index (κ2) is 6.70. The van der Waals surface area contributed by atoms with Gasteiger partial charge in [0.1, 0.15) is 11.9 Å². The van der Waals surface area contributed by atoms with Gasteiger partial charge in [0.05, 0.1) is 17.6 Å². The second-order valence-electron chi connectivity index (χ2n) is 7.01. The second-order valence-corrected chi connectivity index (χ2v) is 7.01. The number of benzene rings is 1. The minimum absolute atomic E-state index is 0.199. The zero-order valence-electron chi connectivity index (χ0n) is 16.0. The van der Waals surface area contributed by atoms with Gasteiger partial charge in [-0.3, -0.25) is 0 Å². The Balaban J connectivity index is 1.81. The first-order valence-corrected chi connectivity index (χ1v) is 9.27. The van der Waals surface area contributed by atoms with Crippen LogP contribution in [0, 0.1) is 17.3 Å². The fraction of sp³-hybridized carbons (Fsp3) is 0.143. The molecule has 148 valence electrons. The van der Waals surface area contributed by atoms with Crippen LogP contribution in [0.25, 0.3) is 16.9 Å². The Morgan fingerprint density at radius 3 is 2.93 bits per heavy atom. The van der Waals surface area contributed by atoms with Crippen LogP contribution in [0.4, 0.5) is 10.2 Å². The van der Waals surface area contributed by atoms with Crippen molar-refractivity contribution in [1.82, 2.24) is 24.5 Å². The first kappa shape index (κ1) is 17.9. The molecule has 0 spiro atoms. The molecule has 3 aromatic heterocycles. The van der Waals surface area contributed by atoms with Crippen LogP contribution in [-0.4, -0.2) is 24.5 Å². The minimum Gasteiger partial charge on any atom is -0.482 e. The Bertz CT molecular complexity index is 1320. The van der Waals surface area contributed by atoms with E-state index in [-0.39, 0.29) is 11.6 Å². The zero-order chi connectivity index (χ0) is 20.8. The van der Waals surface area contributed by atoms with Gasteiger partial charge in [0.2, 0.25) is 6.19 Å². The maximum absolute atomic E-state index is 14.1. The monoisotopic (exact) mass is 401 g/mol. The lowest BCUT2D eigenvalue weighted by molar-refractivity contribution is 0.226. The van der Waals surface area contributed by atoms with E-state index in [1.165, 1.54) is 16.8 Å². The molecule has 0 fully saturated rings. The molecular weight excluding hydrogens is 385 g/mol. The number of pyridine rings is 1. The summed E-state index contributed by atoms with van der Waals surface area (Å²) in [5.74, 6) is 0.167. The van der Waals surface area contributed by atoms with Gasteiger partial charge in [-0.15, -0.1) is 0 Å². The van der Waals surface area contributed by atoms with Crippen molar-refractivity contribution >= 4 is 5.82 Å². The number of nitrogen functional groups attached to an aromatic ring is 1. The molecule has 30 heavy (non-hydrogen) atoms. The molecule has 0 saturated heterocycles. The number of hydrogen-bond acceptors (Lipinski definition) is 6. The largest absolute Gasteiger partial charge is 0.482 e. The summed E-state index contributed by atoms with van der Waals surface area (Å²) in [5.41, 5.74) is 10.3. The zero-order valence-corrected chi connectivity index (χ0v) is 16.0. The van der Waals surface area contributed by atoms with Crippen molar-refractivity contribution < 1.29 is 9.13 Å². The van der Waals surface area contributed by atoms with Gasteiger partial charge in [0.25, 0.3) is 0 Å². The molecule has 1 aliphatic heterocycles. The van der Waals surface area contributed by atoms with Gasteiger partial charge in [-0.2, -0.15) is 20.1 Å². The molecule has 0 aliphatic carbocycles. The summed E-state index contributed by atoms with van der Waals surface area (Å²) in [6.45, 7) is 1.81. The number of hydrogen-bond donors (Lipinski definition) is 1. The molecule has 4 aromatic rings. The van der Waals surface area contributed by atoms with Gasteiger partial charge in [0.15, 0.2) is 11.6 Å². The fourth-order valence-electron chi connectivity index (χ4n) is 3.75. The van der Waals surface area contributed by atoms with Crippen molar-refractivity contribution in [2.24, 2.45) is 0 Å². The molecule has 0 saturated carbocycles. The van der Waals surface area contributed by atoms with Gasteiger partial charge in [-0.25, -0.2) is 14.1 Å². The summed E-state index contributed by atoms with van der Waals surface area (Å²) in [5, 5.41) is 18.2. The molecule has 2 bridgehead atoms. The van der Waals surface area contributed by atoms with Crippen LogP contribution in [0.15, 0.2) is 48.9 Å². The van der Waals surface area contributed by atoms with Crippen molar-refractivity contribution in [3.8, 4) is 28.9 Å². The first-order chi connectivity index (χ1) is 14.5. The highest BCUT2D eigenvalue weighted by Gasteiger charge is 2.23. The average Bonchev–Trinajstić information content (AvgIpc) is 3.36. The summed E-state index contributed by atoms with van der Waals surface area (Å²) in [6, 6.07) is 8.10. The van der Waals surface area contributed by atoms with Crippen molar-refractivity contribution in [2.45, 2.75) is 19.4 Å². The normalized spacial score (nSPS) is 14.9. The number of ether oxygens (including phenoxy) is 1. The summed E-state index contributed by atoms with van der Waals surface area (Å²) in [7, 11) is 0. The molecule has 1 atom stereocenters. The quantitative estimate of drug-likeness (QED) is 0.485. The number of nitrogens with two attached hydrogens (primary N) is 1. The fourth-order valence-corrected chi connectivity index (χ4v) is 3.75. The molecule has 9 heteroatoms. The van der Waals surface area contributed by atoms with Crippen molar-refractivity contribution in [3.05, 3.63) is 71.6 Å². The lowest BCUT2D eigenvalue weighted by atomic mass is 10.0. The third kappa shape index (κ3) is 2.78. The minimum atomic E-state index is -0.535. The highest BCUT2D eigenvalue weighted by atomic mass is 19.1. The molecular formula is C21H16FN7O. The summed E-state index contributed by atoms with van der Waals surface area (Å²) < 4.78 is 23.2. The van der Waals surface area contributed by atoms with Crippen LogP contribution < -0.4 is 10.5 Å². The van der Waals surface area contributed by atoms with Gasteiger partial charge < -0.3 is 10.5 Å². The van der Waals surface area contributed by atoms with E-state index in [9.17, 15) is 9.65 Å². The van der Waals surface area contributed by atoms with Crippen molar-refractivity contribution in [3.63, 3.8) is 0 Å². The standard InChI is InChI=1S/C21H16FN7O/c1-12-17-8-15(22)2-3-18(17)29-16(4-5-26-29)6-13-10-27-28(11-23)20(13)14-7-19(30-12)21(24)25-9-14/h2-5,7-10,12H,6H2,1H3,(H2,24,25). The molecule has 1 aliphatic rings. The first-order valence-electron chi connectivity index (χ1n) is 9.27.